The summed E-state index contributed by atoms with van der Waals surface area (Å²) in [5.74, 6) is 0. The van der Waals surface area contributed by atoms with Gasteiger partial charge in [0.1, 0.15) is 0 Å². The summed E-state index contributed by atoms with van der Waals surface area (Å²) >= 11 is 5.99. The lowest BCUT2D eigenvalue weighted by Crippen LogP contribution is -2.38. The summed E-state index contributed by atoms with van der Waals surface area (Å²) in [5.41, 5.74) is 0.891. The molecule has 1 aromatic carbocycles. The van der Waals surface area contributed by atoms with Crippen molar-refractivity contribution < 1.29 is 9.90 Å². The van der Waals surface area contributed by atoms with Crippen LogP contribution in [0, 0.1) is 0 Å². The minimum absolute atomic E-state index is 0.151. The molecule has 0 bridgehead atoms. The minimum atomic E-state index is -0.388. The van der Waals surface area contributed by atoms with Gasteiger partial charge in [-0.1, -0.05) is 29.8 Å². The first-order valence-corrected chi connectivity index (χ1v) is 5.99. The van der Waals surface area contributed by atoms with Crippen LogP contribution in [0.3, 0.4) is 0 Å². The number of rotatable bonds is 2. The van der Waals surface area contributed by atoms with E-state index in [1.807, 2.05) is 18.2 Å². The molecule has 1 saturated heterocycles. The van der Waals surface area contributed by atoms with Crippen molar-refractivity contribution in [1.82, 2.24) is 10.2 Å². The van der Waals surface area contributed by atoms with E-state index in [0.717, 1.165) is 5.56 Å². The van der Waals surface area contributed by atoms with Crippen LogP contribution in [-0.4, -0.2) is 35.2 Å². The molecule has 0 spiro atoms. The zero-order chi connectivity index (χ0) is 12.3. The highest BCUT2D eigenvalue weighted by Gasteiger charge is 2.24. The second-order valence-corrected chi connectivity index (χ2v) is 4.55. The van der Waals surface area contributed by atoms with E-state index in [0.29, 0.717) is 31.1 Å². The van der Waals surface area contributed by atoms with Gasteiger partial charge < -0.3 is 15.3 Å². The summed E-state index contributed by atoms with van der Waals surface area (Å²) < 4.78 is 0. The fourth-order valence-electron chi connectivity index (χ4n) is 1.85. The number of nitrogens with zero attached hydrogens (tertiary/aromatic N) is 1. The number of carbonyl (C=O) groups is 1. The lowest BCUT2D eigenvalue weighted by molar-refractivity contribution is 0.172. The highest BCUT2D eigenvalue weighted by atomic mass is 35.5. The highest BCUT2D eigenvalue weighted by molar-refractivity contribution is 6.31. The molecular weight excluding hydrogens is 240 g/mol. The summed E-state index contributed by atoms with van der Waals surface area (Å²) in [5, 5.41) is 12.8. The maximum atomic E-state index is 11.7. The molecule has 0 radical (unpaired) electrons. The van der Waals surface area contributed by atoms with Crippen LogP contribution in [0.5, 0.6) is 0 Å². The summed E-state index contributed by atoms with van der Waals surface area (Å²) in [7, 11) is 0. The number of likely N-dealkylation sites (tertiary alicyclic amines) is 1. The zero-order valence-corrected chi connectivity index (χ0v) is 10.2. The van der Waals surface area contributed by atoms with Gasteiger partial charge in [0.05, 0.1) is 6.10 Å². The first-order valence-electron chi connectivity index (χ1n) is 5.61. The first kappa shape index (κ1) is 12.2. The van der Waals surface area contributed by atoms with Gasteiger partial charge >= 0.3 is 6.03 Å². The molecule has 5 heteroatoms. The molecule has 0 aliphatic carbocycles. The molecule has 4 nitrogen and oxygen atoms in total. The van der Waals surface area contributed by atoms with Gasteiger partial charge in [0.15, 0.2) is 0 Å². The monoisotopic (exact) mass is 254 g/mol. The number of β-amino-alcohol motifs (C(OH)–C–C–N with tert-alkyl or cyclic N) is 1. The Labute approximate surface area is 105 Å². The molecule has 1 aliphatic heterocycles. The summed E-state index contributed by atoms with van der Waals surface area (Å²) in [6.07, 6.45) is 0.264. The summed E-state index contributed by atoms with van der Waals surface area (Å²) in [6.45, 7) is 1.43. The van der Waals surface area contributed by atoms with Gasteiger partial charge in [0.2, 0.25) is 0 Å². The number of halogens is 1. The number of benzene rings is 1. The van der Waals surface area contributed by atoms with Gasteiger partial charge in [0.25, 0.3) is 0 Å². The van der Waals surface area contributed by atoms with Crippen molar-refractivity contribution >= 4 is 17.6 Å². The van der Waals surface area contributed by atoms with E-state index in [1.54, 1.807) is 11.0 Å². The Hall–Kier alpha value is -1.26. The van der Waals surface area contributed by atoms with Crippen LogP contribution in [0.15, 0.2) is 24.3 Å². The Bertz CT molecular complexity index is 411. The van der Waals surface area contributed by atoms with Crippen LogP contribution in [0.2, 0.25) is 5.02 Å². The largest absolute Gasteiger partial charge is 0.391 e. The Morgan fingerprint density at radius 2 is 2.29 bits per heavy atom. The van der Waals surface area contributed by atoms with Crippen LogP contribution in [0.1, 0.15) is 12.0 Å². The van der Waals surface area contributed by atoms with Crippen LogP contribution < -0.4 is 5.32 Å². The van der Waals surface area contributed by atoms with Gasteiger partial charge in [-0.05, 0) is 18.1 Å². The minimum Gasteiger partial charge on any atom is -0.391 e. The number of hydrogen-bond donors (Lipinski definition) is 2. The lowest BCUT2D eigenvalue weighted by atomic mass is 10.2. The van der Waals surface area contributed by atoms with E-state index in [1.165, 1.54) is 0 Å². The van der Waals surface area contributed by atoms with E-state index < -0.39 is 0 Å². The molecule has 0 unspecified atom stereocenters. The van der Waals surface area contributed by atoms with Crippen LogP contribution >= 0.6 is 11.6 Å². The van der Waals surface area contributed by atoms with Gasteiger partial charge in [-0.15, -0.1) is 0 Å². The number of aliphatic hydroxyl groups excluding tert-OH is 1. The Kier molecular flexibility index (Phi) is 3.86. The van der Waals surface area contributed by atoms with E-state index in [4.69, 9.17) is 11.6 Å². The molecule has 1 aliphatic rings. The number of aliphatic hydroxyl groups is 1. The van der Waals surface area contributed by atoms with Gasteiger partial charge in [-0.25, -0.2) is 4.79 Å². The van der Waals surface area contributed by atoms with Crippen LogP contribution in [-0.2, 0) is 6.54 Å². The SMILES string of the molecule is O=C(NCc1ccccc1Cl)N1CC[C@H](O)C1. The third-order valence-corrected chi connectivity index (χ3v) is 3.21. The average Bonchev–Trinajstić information content (AvgIpc) is 2.74. The smallest absolute Gasteiger partial charge is 0.317 e. The molecule has 2 amide bonds. The van der Waals surface area contributed by atoms with Crippen LogP contribution in [0.25, 0.3) is 0 Å². The molecule has 92 valence electrons. The van der Waals surface area contributed by atoms with Crippen molar-refractivity contribution in [2.75, 3.05) is 13.1 Å². The molecule has 1 aromatic rings. The second kappa shape index (κ2) is 5.38. The Balaban J connectivity index is 1.86. The van der Waals surface area contributed by atoms with Gasteiger partial charge in [0, 0.05) is 24.7 Å². The van der Waals surface area contributed by atoms with Gasteiger partial charge in [-0.2, -0.15) is 0 Å². The second-order valence-electron chi connectivity index (χ2n) is 4.14. The molecule has 1 fully saturated rings. The zero-order valence-electron chi connectivity index (χ0n) is 9.40. The van der Waals surface area contributed by atoms with Crippen LogP contribution in [0.4, 0.5) is 4.79 Å². The van der Waals surface area contributed by atoms with E-state index in [-0.39, 0.29) is 12.1 Å². The van der Waals surface area contributed by atoms with Crippen molar-refractivity contribution in [1.29, 1.82) is 0 Å². The molecule has 1 atom stereocenters. The predicted octanol–water partition coefficient (Wildman–Crippen LogP) is 1.62. The van der Waals surface area contributed by atoms with Crippen molar-refractivity contribution in [3.05, 3.63) is 34.9 Å². The highest BCUT2D eigenvalue weighted by Crippen LogP contribution is 2.15. The van der Waals surface area contributed by atoms with E-state index in [9.17, 15) is 9.90 Å². The molecule has 0 saturated carbocycles. The Morgan fingerprint density at radius 3 is 2.94 bits per heavy atom. The van der Waals surface area contributed by atoms with E-state index >= 15 is 0 Å². The number of amides is 2. The third kappa shape index (κ3) is 3.11. The Morgan fingerprint density at radius 1 is 1.53 bits per heavy atom. The quantitative estimate of drug-likeness (QED) is 0.843. The number of hydrogen-bond acceptors (Lipinski definition) is 2. The fourth-order valence-corrected chi connectivity index (χ4v) is 2.05. The molecular formula is C12H15ClN2O2. The normalized spacial score (nSPS) is 19.4. The van der Waals surface area contributed by atoms with Crippen molar-refractivity contribution in [2.24, 2.45) is 0 Å². The number of nitrogens with one attached hydrogen (secondary N) is 1. The molecule has 2 rings (SSSR count). The first-order chi connectivity index (χ1) is 8.16. The van der Waals surface area contributed by atoms with Gasteiger partial charge in [-0.3, -0.25) is 0 Å². The standard InChI is InChI=1S/C12H15ClN2O2/c13-11-4-2-1-3-9(11)7-14-12(17)15-6-5-10(16)8-15/h1-4,10,16H,5-8H2,(H,14,17)/t10-/m0/s1. The van der Waals surface area contributed by atoms with Crippen molar-refractivity contribution in [2.45, 2.75) is 19.1 Å². The molecule has 2 N–H and O–H groups in total. The van der Waals surface area contributed by atoms with Crippen molar-refractivity contribution in [3.8, 4) is 0 Å². The maximum absolute atomic E-state index is 11.7. The molecule has 17 heavy (non-hydrogen) atoms. The maximum Gasteiger partial charge on any atom is 0.317 e. The lowest BCUT2D eigenvalue weighted by Gasteiger charge is -2.16. The number of carbonyl (C=O) groups excluding carboxylic acids is 1. The topological polar surface area (TPSA) is 52.6 Å². The summed E-state index contributed by atoms with van der Waals surface area (Å²) in [4.78, 5) is 13.3. The molecule has 0 aromatic heterocycles. The predicted molar refractivity (Wildman–Crippen MR) is 65.9 cm³/mol. The summed E-state index contributed by atoms with van der Waals surface area (Å²) in [6, 6.07) is 7.25. The average molecular weight is 255 g/mol. The number of urea groups is 1. The third-order valence-electron chi connectivity index (χ3n) is 2.84. The fraction of sp³-hybridized carbons (Fsp3) is 0.417. The molecule has 1 heterocycles. The van der Waals surface area contributed by atoms with Crippen molar-refractivity contribution in [3.63, 3.8) is 0 Å². The van der Waals surface area contributed by atoms with E-state index in [2.05, 4.69) is 5.32 Å².